The first-order valence-electron chi connectivity index (χ1n) is 5.15. The standard InChI is InChI=1S/C9H15N3O2S/c13-5-3-12(4-6-14)9-10-8(11-15-9)7-1-2-7/h7,13-14H,1-6H2. The Kier molecular flexibility index (Phi) is 3.50. The van der Waals surface area contributed by atoms with Crippen LogP contribution in [0.3, 0.4) is 0 Å². The molecule has 2 N–H and O–H groups in total. The van der Waals surface area contributed by atoms with Gasteiger partial charge in [-0.1, -0.05) is 0 Å². The normalized spacial score (nSPS) is 15.6. The summed E-state index contributed by atoms with van der Waals surface area (Å²) in [6.07, 6.45) is 2.38. The number of anilines is 1. The molecule has 0 aromatic carbocycles. The van der Waals surface area contributed by atoms with Gasteiger partial charge in [0, 0.05) is 30.5 Å². The van der Waals surface area contributed by atoms with Gasteiger partial charge >= 0.3 is 0 Å². The van der Waals surface area contributed by atoms with Crippen LogP contribution in [0.2, 0.25) is 0 Å². The molecule has 5 nitrogen and oxygen atoms in total. The number of nitrogens with zero attached hydrogens (tertiary/aromatic N) is 3. The third kappa shape index (κ3) is 2.64. The van der Waals surface area contributed by atoms with Gasteiger partial charge in [-0.2, -0.15) is 4.37 Å². The van der Waals surface area contributed by atoms with Crippen molar-refractivity contribution in [3.8, 4) is 0 Å². The molecule has 2 rings (SSSR count). The van der Waals surface area contributed by atoms with Gasteiger partial charge in [0.15, 0.2) is 0 Å². The smallest absolute Gasteiger partial charge is 0.205 e. The number of aliphatic hydroxyl groups excluding tert-OH is 2. The maximum atomic E-state index is 8.89. The van der Waals surface area contributed by atoms with E-state index in [2.05, 4.69) is 9.36 Å². The molecule has 84 valence electrons. The molecule has 0 aliphatic heterocycles. The third-order valence-electron chi connectivity index (χ3n) is 2.38. The molecule has 0 amide bonds. The number of aromatic nitrogens is 2. The summed E-state index contributed by atoms with van der Waals surface area (Å²) in [4.78, 5) is 6.29. The lowest BCUT2D eigenvalue weighted by molar-refractivity contribution is 0.281. The topological polar surface area (TPSA) is 69.5 Å². The van der Waals surface area contributed by atoms with Crippen molar-refractivity contribution in [1.29, 1.82) is 0 Å². The lowest BCUT2D eigenvalue weighted by Gasteiger charge is -2.18. The van der Waals surface area contributed by atoms with Crippen molar-refractivity contribution in [3.05, 3.63) is 5.82 Å². The van der Waals surface area contributed by atoms with E-state index in [1.54, 1.807) is 0 Å². The Balaban J connectivity index is 2.03. The molecular formula is C9H15N3O2S. The summed E-state index contributed by atoms with van der Waals surface area (Å²) in [6.45, 7) is 1.14. The fraction of sp³-hybridized carbons (Fsp3) is 0.778. The van der Waals surface area contributed by atoms with Crippen LogP contribution in [-0.2, 0) is 0 Å². The van der Waals surface area contributed by atoms with E-state index < -0.39 is 0 Å². The Morgan fingerprint density at radius 1 is 1.27 bits per heavy atom. The van der Waals surface area contributed by atoms with Crippen molar-refractivity contribution >= 4 is 16.7 Å². The highest BCUT2D eigenvalue weighted by molar-refractivity contribution is 7.09. The molecule has 1 aromatic heterocycles. The van der Waals surface area contributed by atoms with Crippen molar-refractivity contribution in [2.75, 3.05) is 31.2 Å². The van der Waals surface area contributed by atoms with Gasteiger partial charge in [-0.15, -0.1) is 0 Å². The Hall–Kier alpha value is -0.720. The maximum Gasteiger partial charge on any atom is 0.205 e. The quantitative estimate of drug-likeness (QED) is 0.729. The van der Waals surface area contributed by atoms with Gasteiger partial charge in [-0.05, 0) is 12.8 Å². The van der Waals surface area contributed by atoms with Crippen LogP contribution < -0.4 is 4.90 Å². The molecule has 1 saturated carbocycles. The lowest BCUT2D eigenvalue weighted by atomic mass is 10.4. The molecule has 0 unspecified atom stereocenters. The van der Waals surface area contributed by atoms with E-state index in [1.807, 2.05) is 4.90 Å². The van der Waals surface area contributed by atoms with E-state index in [9.17, 15) is 0 Å². The highest BCUT2D eigenvalue weighted by Gasteiger charge is 2.28. The van der Waals surface area contributed by atoms with E-state index in [4.69, 9.17) is 10.2 Å². The van der Waals surface area contributed by atoms with Crippen molar-refractivity contribution in [2.45, 2.75) is 18.8 Å². The molecule has 1 aliphatic rings. The molecule has 0 spiro atoms. The zero-order valence-corrected chi connectivity index (χ0v) is 9.28. The Morgan fingerprint density at radius 2 is 1.93 bits per heavy atom. The summed E-state index contributed by atoms with van der Waals surface area (Å²) in [6, 6.07) is 0. The summed E-state index contributed by atoms with van der Waals surface area (Å²) >= 11 is 1.35. The molecule has 0 bridgehead atoms. The Morgan fingerprint density at radius 3 is 2.47 bits per heavy atom. The molecule has 15 heavy (non-hydrogen) atoms. The second kappa shape index (κ2) is 4.87. The van der Waals surface area contributed by atoms with E-state index in [0.717, 1.165) is 11.0 Å². The summed E-state index contributed by atoms with van der Waals surface area (Å²) in [5.74, 6) is 1.48. The van der Waals surface area contributed by atoms with Crippen LogP contribution in [0.5, 0.6) is 0 Å². The van der Waals surface area contributed by atoms with E-state index >= 15 is 0 Å². The van der Waals surface area contributed by atoms with Crippen molar-refractivity contribution < 1.29 is 10.2 Å². The third-order valence-corrected chi connectivity index (χ3v) is 3.18. The highest BCUT2D eigenvalue weighted by Crippen LogP contribution is 2.39. The highest BCUT2D eigenvalue weighted by atomic mass is 32.1. The molecule has 1 aromatic rings. The first-order valence-corrected chi connectivity index (χ1v) is 5.92. The van der Waals surface area contributed by atoms with E-state index in [1.165, 1.54) is 24.4 Å². The molecule has 0 radical (unpaired) electrons. The largest absolute Gasteiger partial charge is 0.395 e. The fourth-order valence-electron chi connectivity index (χ4n) is 1.41. The first kappa shape index (κ1) is 10.8. The van der Waals surface area contributed by atoms with E-state index in [-0.39, 0.29) is 13.2 Å². The lowest BCUT2D eigenvalue weighted by Crippen LogP contribution is -2.29. The zero-order valence-electron chi connectivity index (χ0n) is 8.46. The fourth-order valence-corrected chi connectivity index (χ4v) is 2.20. The van der Waals surface area contributed by atoms with Gasteiger partial charge in [-0.3, -0.25) is 0 Å². The summed E-state index contributed by atoms with van der Waals surface area (Å²) < 4.78 is 4.29. The minimum absolute atomic E-state index is 0.0678. The second-order valence-corrected chi connectivity index (χ2v) is 4.37. The molecule has 1 aliphatic carbocycles. The number of aliphatic hydroxyl groups is 2. The van der Waals surface area contributed by atoms with Gasteiger partial charge in [0.2, 0.25) is 5.13 Å². The Labute approximate surface area is 92.5 Å². The van der Waals surface area contributed by atoms with Gasteiger partial charge in [0.1, 0.15) is 5.82 Å². The number of hydrogen-bond acceptors (Lipinski definition) is 6. The minimum atomic E-state index is 0.0678. The molecule has 1 fully saturated rings. The molecule has 0 atom stereocenters. The SMILES string of the molecule is OCCN(CCO)c1nc(C2CC2)ns1. The Bertz CT molecular complexity index is 308. The monoisotopic (exact) mass is 229 g/mol. The summed E-state index contributed by atoms with van der Waals surface area (Å²) in [5.41, 5.74) is 0. The van der Waals surface area contributed by atoms with Crippen LogP contribution in [0.25, 0.3) is 0 Å². The van der Waals surface area contributed by atoms with Crippen LogP contribution >= 0.6 is 11.5 Å². The van der Waals surface area contributed by atoms with Crippen LogP contribution in [0, 0.1) is 0 Å². The van der Waals surface area contributed by atoms with Crippen LogP contribution in [0.4, 0.5) is 5.13 Å². The summed E-state index contributed by atoms with van der Waals surface area (Å²) in [5, 5.41) is 18.6. The van der Waals surface area contributed by atoms with Crippen LogP contribution in [0.15, 0.2) is 0 Å². The van der Waals surface area contributed by atoms with Crippen LogP contribution in [-0.4, -0.2) is 45.9 Å². The van der Waals surface area contributed by atoms with Gasteiger partial charge in [-0.25, -0.2) is 4.98 Å². The van der Waals surface area contributed by atoms with Gasteiger partial charge in [0.25, 0.3) is 0 Å². The van der Waals surface area contributed by atoms with Gasteiger partial charge < -0.3 is 15.1 Å². The van der Waals surface area contributed by atoms with Crippen molar-refractivity contribution in [1.82, 2.24) is 9.36 Å². The van der Waals surface area contributed by atoms with Gasteiger partial charge in [0.05, 0.1) is 13.2 Å². The number of rotatable bonds is 6. The van der Waals surface area contributed by atoms with Crippen molar-refractivity contribution in [3.63, 3.8) is 0 Å². The number of hydrogen-bond donors (Lipinski definition) is 2. The van der Waals surface area contributed by atoms with Crippen molar-refractivity contribution in [2.24, 2.45) is 0 Å². The first-order chi connectivity index (χ1) is 7.35. The minimum Gasteiger partial charge on any atom is -0.395 e. The maximum absolute atomic E-state index is 8.89. The molecular weight excluding hydrogens is 214 g/mol. The average molecular weight is 229 g/mol. The van der Waals surface area contributed by atoms with Crippen LogP contribution in [0.1, 0.15) is 24.6 Å². The predicted octanol–water partition coefficient (Wildman–Crippen LogP) is 0.206. The molecule has 1 heterocycles. The van der Waals surface area contributed by atoms with E-state index in [0.29, 0.717) is 19.0 Å². The average Bonchev–Trinajstić information content (AvgIpc) is 2.97. The second-order valence-electron chi connectivity index (χ2n) is 3.64. The molecule has 0 saturated heterocycles. The predicted molar refractivity (Wildman–Crippen MR) is 58.3 cm³/mol. The molecule has 6 heteroatoms. The zero-order chi connectivity index (χ0) is 10.7. The summed E-state index contributed by atoms with van der Waals surface area (Å²) in [7, 11) is 0.